The third-order valence-corrected chi connectivity index (χ3v) is 2.93. The van der Waals surface area contributed by atoms with E-state index in [1.54, 1.807) is 6.20 Å². The maximum absolute atomic E-state index is 10.6. The fourth-order valence-corrected chi connectivity index (χ4v) is 1.96. The van der Waals surface area contributed by atoms with Crippen molar-refractivity contribution in [2.24, 2.45) is 5.73 Å². The number of nitrogens with zero attached hydrogens (tertiary/aromatic N) is 3. The Kier molecular flexibility index (Phi) is 4.27. The number of carbonyl (C=O) groups is 1. The van der Waals surface area contributed by atoms with Crippen molar-refractivity contribution >= 4 is 27.5 Å². The Morgan fingerprint density at radius 3 is 3.06 bits per heavy atom. The summed E-state index contributed by atoms with van der Waals surface area (Å²) >= 11 is 3.33. The van der Waals surface area contributed by atoms with Crippen molar-refractivity contribution in [1.29, 1.82) is 0 Å². The van der Waals surface area contributed by atoms with Crippen LogP contribution in [0.2, 0.25) is 0 Å². The Labute approximate surface area is 113 Å². The first-order valence-electron chi connectivity index (χ1n) is 5.63. The summed E-state index contributed by atoms with van der Waals surface area (Å²) in [6.07, 6.45) is 6.56. The molecule has 0 aliphatic carbocycles. The first-order chi connectivity index (χ1) is 8.66. The number of nitrogens with two attached hydrogens (primary N) is 1. The molecule has 2 rings (SSSR count). The van der Waals surface area contributed by atoms with Crippen molar-refractivity contribution < 1.29 is 4.79 Å². The molecular weight excluding hydrogens is 298 g/mol. The lowest BCUT2D eigenvalue weighted by molar-refractivity contribution is -0.118. The van der Waals surface area contributed by atoms with Crippen LogP contribution in [0.3, 0.4) is 0 Å². The number of fused-ring (bicyclic) bond motifs is 1. The van der Waals surface area contributed by atoms with E-state index >= 15 is 0 Å². The van der Waals surface area contributed by atoms with Crippen LogP contribution < -0.4 is 11.1 Å². The molecule has 2 aromatic rings. The van der Waals surface area contributed by atoms with Gasteiger partial charge in [0.25, 0.3) is 0 Å². The Bertz CT molecular complexity index is 553. The second-order valence-corrected chi connectivity index (χ2v) is 4.75. The van der Waals surface area contributed by atoms with Gasteiger partial charge in [0, 0.05) is 19.2 Å². The van der Waals surface area contributed by atoms with Crippen molar-refractivity contribution in [3.63, 3.8) is 0 Å². The van der Waals surface area contributed by atoms with Gasteiger partial charge in [-0.3, -0.25) is 9.20 Å². The number of hydrogen-bond donors (Lipinski definition) is 2. The van der Waals surface area contributed by atoms with Gasteiger partial charge in [-0.25, -0.2) is 9.97 Å². The molecule has 3 N–H and O–H groups in total. The van der Waals surface area contributed by atoms with E-state index in [-0.39, 0.29) is 5.91 Å². The quantitative estimate of drug-likeness (QED) is 0.774. The molecule has 96 valence electrons. The molecule has 6 nitrogen and oxygen atoms in total. The molecular formula is C11H14BrN5O. The van der Waals surface area contributed by atoms with E-state index in [0.29, 0.717) is 13.0 Å². The number of primary amides is 1. The number of halogens is 1. The minimum atomic E-state index is -0.262. The number of imidazole rings is 1. The maximum Gasteiger partial charge on any atom is 0.217 e. The van der Waals surface area contributed by atoms with Gasteiger partial charge in [-0.1, -0.05) is 0 Å². The summed E-state index contributed by atoms with van der Waals surface area (Å²) in [4.78, 5) is 18.9. The van der Waals surface area contributed by atoms with Crippen LogP contribution in [0.1, 0.15) is 18.5 Å². The molecule has 0 atom stereocenters. The third kappa shape index (κ3) is 3.27. The lowest BCUT2D eigenvalue weighted by Crippen LogP contribution is -2.18. The van der Waals surface area contributed by atoms with Gasteiger partial charge in [-0.05, 0) is 28.9 Å². The largest absolute Gasteiger partial charge is 0.370 e. The highest BCUT2D eigenvalue weighted by atomic mass is 79.9. The zero-order valence-electron chi connectivity index (χ0n) is 9.77. The Balaban J connectivity index is 1.91. The molecule has 0 unspecified atom stereocenters. The van der Waals surface area contributed by atoms with E-state index in [1.165, 1.54) is 0 Å². The van der Waals surface area contributed by atoms with Gasteiger partial charge in [0.1, 0.15) is 4.60 Å². The lowest BCUT2D eigenvalue weighted by atomic mass is 10.3. The van der Waals surface area contributed by atoms with Gasteiger partial charge < -0.3 is 11.1 Å². The number of nitrogens with one attached hydrogen (secondary N) is 1. The average Bonchev–Trinajstić information content (AvgIpc) is 2.71. The number of aromatic nitrogens is 3. The van der Waals surface area contributed by atoms with Crippen molar-refractivity contribution in [3.05, 3.63) is 28.9 Å². The highest BCUT2D eigenvalue weighted by Crippen LogP contribution is 2.10. The minimum absolute atomic E-state index is 0.262. The SMILES string of the molecule is NC(=O)CCCNCc1cnc2cnc(Br)cn12. The van der Waals surface area contributed by atoms with E-state index in [1.807, 2.05) is 16.8 Å². The Morgan fingerprint density at radius 1 is 1.44 bits per heavy atom. The third-order valence-electron chi connectivity index (χ3n) is 2.52. The molecule has 1 amide bonds. The predicted octanol–water partition coefficient (Wildman–Crippen LogP) is 0.847. The molecule has 0 aromatic carbocycles. The van der Waals surface area contributed by atoms with E-state index in [4.69, 9.17) is 5.73 Å². The fraction of sp³-hybridized carbons (Fsp3) is 0.364. The van der Waals surface area contributed by atoms with Crippen LogP contribution in [0.4, 0.5) is 0 Å². The molecule has 0 radical (unpaired) electrons. The number of amides is 1. The zero-order chi connectivity index (χ0) is 13.0. The second-order valence-electron chi connectivity index (χ2n) is 3.93. The van der Waals surface area contributed by atoms with Crippen molar-refractivity contribution in [2.75, 3.05) is 6.54 Å². The van der Waals surface area contributed by atoms with E-state index in [9.17, 15) is 4.79 Å². The van der Waals surface area contributed by atoms with Gasteiger partial charge >= 0.3 is 0 Å². The number of carbonyl (C=O) groups excluding carboxylic acids is 1. The standard InChI is InChI=1S/C11H14BrN5O/c12-9-7-17-8(5-16-11(17)6-15-9)4-14-3-1-2-10(13)18/h5-7,14H,1-4H2,(H2,13,18). The van der Waals surface area contributed by atoms with Gasteiger partial charge in [-0.15, -0.1) is 0 Å². The average molecular weight is 312 g/mol. The summed E-state index contributed by atoms with van der Waals surface area (Å²) in [5.41, 5.74) is 6.93. The summed E-state index contributed by atoms with van der Waals surface area (Å²) in [7, 11) is 0. The van der Waals surface area contributed by atoms with Crippen LogP contribution in [0.15, 0.2) is 23.2 Å². The van der Waals surface area contributed by atoms with Crippen LogP contribution in [0.25, 0.3) is 5.65 Å². The summed E-state index contributed by atoms with van der Waals surface area (Å²) < 4.78 is 2.74. The molecule has 0 aliphatic heterocycles. The van der Waals surface area contributed by atoms with Crippen LogP contribution in [0.5, 0.6) is 0 Å². The van der Waals surface area contributed by atoms with Crippen molar-refractivity contribution in [2.45, 2.75) is 19.4 Å². The van der Waals surface area contributed by atoms with Crippen LogP contribution in [-0.2, 0) is 11.3 Å². The van der Waals surface area contributed by atoms with Gasteiger partial charge in [-0.2, -0.15) is 0 Å². The summed E-state index contributed by atoms with van der Waals surface area (Å²) in [6, 6.07) is 0. The van der Waals surface area contributed by atoms with Crippen molar-refractivity contribution in [1.82, 2.24) is 19.7 Å². The predicted molar refractivity (Wildman–Crippen MR) is 70.8 cm³/mol. The van der Waals surface area contributed by atoms with Gasteiger partial charge in [0.2, 0.25) is 5.91 Å². The Morgan fingerprint density at radius 2 is 2.28 bits per heavy atom. The molecule has 0 saturated carbocycles. The monoisotopic (exact) mass is 311 g/mol. The fourth-order valence-electron chi connectivity index (χ4n) is 1.65. The van der Waals surface area contributed by atoms with Crippen LogP contribution in [0, 0.1) is 0 Å². The molecule has 7 heteroatoms. The number of hydrogen-bond acceptors (Lipinski definition) is 4. The molecule has 0 spiro atoms. The molecule has 0 bridgehead atoms. The van der Waals surface area contributed by atoms with Gasteiger partial charge in [0.15, 0.2) is 5.65 Å². The Hall–Kier alpha value is -1.47. The van der Waals surface area contributed by atoms with Gasteiger partial charge in [0.05, 0.1) is 18.1 Å². The molecule has 0 fully saturated rings. The van der Waals surface area contributed by atoms with E-state index in [2.05, 4.69) is 31.2 Å². The molecule has 18 heavy (non-hydrogen) atoms. The highest BCUT2D eigenvalue weighted by molar-refractivity contribution is 9.10. The van der Waals surface area contributed by atoms with Crippen molar-refractivity contribution in [3.8, 4) is 0 Å². The molecule has 2 aromatic heterocycles. The van der Waals surface area contributed by atoms with Crippen LogP contribution in [-0.4, -0.2) is 26.8 Å². The van der Waals surface area contributed by atoms with E-state index < -0.39 is 0 Å². The normalized spacial score (nSPS) is 10.9. The smallest absolute Gasteiger partial charge is 0.217 e. The summed E-state index contributed by atoms with van der Waals surface area (Å²) in [5.74, 6) is -0.262. The molecule has 0 saturated heterocycles. The minimum Gasteiger partial charge on any atom is -0.370 e. The first kappa shape index (κ1) is 13.0. The topological polar surface area (TPSA) is 85.3 Å². The second kappa shape index (κ2) is 5.92. The van der Waals surface area contributed by atoms with Crippen LogP contribution >= 0.6 is 15.9 Å². The maximum atomic E-state index is 10.6. The molecule has 0 aliphatic rings. The van der Waals surface area contributed by atoms with E-state index in [0.717, 1.165) is 28.9 Å². The summed E-state index contributed by atoms with van der Waals surface area (Å²) in [5, 5.41) is 3.25. The zero-order valence-corrected chi connectivity index (χ0v) is 11.4. The number of rotatable bonds is 6. The lowest BCUT2D eigenvalue weighted by Gasteiger charge is -2.04. The highest BCUT2D eigenvalue weighted by Gasteiger charge is 2.03. The molecule has 2 heterocycles. The summed E-state index contributed by atoms with van der Waals surface area (Å²) in [6.45, 7) is 1.44. The first-order valence-corrected chi connectivity index (χ1v) is 6.42.